The van der Waals surface area contributed by atoms with E-state index in [9.17, 15) is 13.2 Å². The van der Waals surface area contributed by atoms with E-state index in [1.165, 1.54) is 12.1 Å². The molecule has 0 bridgehead atoms. The quantitative estimate of drug-likeness (QED) is 0.807. The number of benzene rings is 1. The number of carbonyl (C=O) groups excluding carboxylic acids is 1. The molecule has 0 aromatic heterocycles. The van der Waals surface area contributed by atoms with Crippen molar-refractivity contribution in [3.8, 4) is 0 Å². The molecular formula is C18H30ClN3O3S. The molecule has 2 rings (SSSR count). The Morgan fingerprint density at radius 2 is 1.85 bits per heavy atom. The lowest BCUT2D eigenvalue weighted by molar-refractivity contribution is 0.0661. The Balaban J connectivity index is 0.00000338. The fourth-order valence-corrected chi connectivity index (χ4v) is 4.46. The molecule has 8 heteroatoms. The number of hydrogen-bond acceptors (Lipinski definition) is 4. The molecule has 0 saturated carbocycles. The van der Waals surface area contributed by atoms with Crippen LogP contribution >= 0.6 is 12.4 Å². The summed E-state index contributed by atoms with van der Waals surface area (Å²) in [5.41, 5.74) is 5.91. The highest BCUT2D eigenvalue weighted by molar-refractivity contribution is 7.89. The van der Waals surface area contributed by atoms with E-state index in [0.29, 0.717) is 24.6 Å². The van der Waals surface area contributed by atoms with Crippen LogP contribution in [0.1, 0.15) is 50.9 Å². The van der Waals surface area contributed by atoms with E-state index in [4.69, 9.17) is 5.73 Å². The van der Waals surface area contributed by atoms with Crippen molar-refractivity contribution in [3.63, 3.8) is 0 Å². The third-order valence-corrected chi connectivity index (χ3v) is 6.11. The molecule has 3 N–H and O–H groups in total. The lowest BCUT2D eigenvalue weighted by atomic mass is 9.92. The van der Waals surface area contributed by atoms with Crippen molar-refractivity contribution in [2.75, 3.05) is 13.1 Å². The molecule has 1 aromatic rings. The zero-order chi connectivity index (χ0) is 18.8. The number of nitrogens with one attached hydrogen (secondary N) is 1. The number of nitrogens with zero attached hydrogens (tertiary/aromatic N) is 1. The Morgan fingerprint density at radius 3 is 2.35 bits per heavy atom. The van der Waals surface area contributed by atoms with Crippen molar-refractivity contribution >= 4 is 28.3 Å². The minimum absolute atomic E-state index is 0. The van der Waals surface area contributed by atoms with Crippen molar-refractivity contribution in [1.29, 1.82) is 0 Å². The second kappa shape index (κ2) is 8.69. The van der Waals surface area contributed by atoms with Gasteiger partial charge in [0.25, 0.3) is 5.91 Å². The highest BCUT2D eigenvalue weighted by Crippen LogP contribution is 2.21. The first-order chi connectivity index (χ1) is 11.5. The lowest BCUT2D eigenvalue weighted by Gasteiger charge is -2.34. The van der Waals surface area contributed by atoms with Crippen molar-refractivity contribution < 1.29 is 13.2 Å². The highest BCUT2D eigenvalue weighted by Gasteiger charge is 2.27. The molecular weight excluding hydrogens is 374 g/mol. The predicted octanol–water partition coefficient (Wildman–Crippen LogP) is 2.38. The van der Waals surface area contributed by atoms with Gasteiger partial charge >= 0.3 is 0 Å². The Hall–Kier alpha value is -1.15. The van der Waals surface area contributed by atoms with E-state index in [1.807, 2.05) is 11.8 Å². The minimum Gasteiger partial charge on any atom is -0.338 e. The number of hydrogen-bond donors (Lipinski definition) is 2. The zero-order valence-corrected chi connectivity index (χ0v) is 17.5. The van der Waals surface area contributed by atoms with E-state index in [-0.39, 0.29) is 29.3 Å². The second-order valence-electron chi connectivity index (χ2n) is 7.89. The second-order valence-corrected chi connectivity index (χ2v) is 9.57. The van der Waals surface area contributed by atoms with E-state index < -0.39 is 15.6 Å². The molecule has 1 fully saturated rings. The van der Waals surface area contributed by atoms with E-state index >= 15 is 0 Å². The summed E-state index contributed by atoms with van der Waals surface area (Å²) >= 11 is 0. The highest BCUT2D eigenvalue weighted by atomic mass is 35.5. The van der Waals surface area contributed by atoms with Gasteiger partial charge in [0.15, 0.2) is 0 Å². The van der Waals surface area contributed by atoms with Gasteiger partial charge in [0.1, 0.15) is 0 Å². The first kappa shape index (κ1) is 22.9. The topological polar surface area (TPSA) is 92.5 Å². The van der Waals surface area contributed by atoms with Gasteiger partial charge in [0.2, 0.25) is 10.0 Å². The van der Waals surface area contributed by atoms with Crippen LogP contribution in [0.4, 0.5) is 0 Å². The minimum atomic E-state index is -3.60. The smallest absolute Gasteiger partial charge is 0.253 e. The Morgan fingerprint density at radius 1 is 1.27 bits per heavy atom. The summed E-state index contributed by atoms with van der Waals surface area (Å²) in [6.45, 7) is 8.70. The first-order valence-electron chi connectivity index (χ1n) is 8.68. The van der Waals surface area contributed by atoms with Crippen LogP contribution in [0, 0.1) is 5.92 Å². The number of nitrogens with two attached hydrogens (primary N) is 1. The third-order valence-electron chi connectivity index (χ3n) is 4.34. The summed E-state index contributed by atoms with van der Waals surface area (Å²) in [7, 11) is -3.60. The summed E-state index contributed by atoms with van der Waals surface area (Å²) in [6.07, 6.45) is 1.98. The summed E-state index contributed by atoms with van der Waals surface area (Å²) in [5, 5.41) is 0. The largest absolute Gasteiger partial charge is 0.338 e. The van der Waals surface area contributed by atoms with Gasteiger partial charge in [-0.3, -0.25) is 4.79 Å². The van der Waals surface area contributed by atoms with Gasteiger partial charge in [-0.15, -0.1) is 12.4 Å². The molecule has 0 spiro atoms. The fraction of sp³-hybridized carbons (Fsp3) is 0.611. The molecule has 0 aliphatic carbocycles. The van der Waals surface area contributed by atoms with Crippen LogP contribution in [0.15, 0.2) is 29.2 Å². The van der Waals surface area contributed by atoms with Crippen LogP contribution in [-0.4, -0.2) is 43.9 Å². The SMILES string of the molecule is CC(N)C1CCCN(C(=O)c2ccc(S(=O)(=O)NC(C)(C)C)cc2)C1.Cl. The summed E-state index contributed by atoms with van der Waals surface area (Å²) in [6, 6.07) is 6.18. The summed E-state index contributed by atoms with van der Waals surface area (Å²) in [4.78, 5) is 14.7. The average Bonchev–Trinajstić information content (AvgIpc) is 2.52. The number of rotatable bonds is 4. The molecule has 2 unspecified atom stereocenters. The van der Waals surface area contributed by atoms with Crippen LogP contribution in [0.3, 0.4) is 0 Å². The van der Waals surface area contributed by atoms with Gasteiger partial charge in [-0.05, 0) is 70.7 Å². The van der Waals surface area contributed by atoms with Crippen LogP contribution < -0.4 is 10.5 Å². The molecule has 1 saturated heterocycles. The number of halogens is 1. The van der Waals surface area contributed by atoms with Crippen LogP contribution in [0.5, 0.6) is 0 Å². The molecule has 0 radical (unpaired) electrons. The summed E-state index contributed by atoms with van der Waals surface area (Å²) in [5.74, 6) is 0.242. The standard InChI is InChI=1S/C18H29N3O3S.ClH/c1-13(19)15-6-5-11-21(12-15)17(22)14-7-9-16(10-8-14)25(23,24)20-18(2,3)4;/h7-10,13,15,20H,5-6,11-12,19H2,1-4H3;1H. The van der Waals surface area contributed by atoms with E-state index in [1.54, 1.807) is 32.9 Å². The molecule has 1 aliphatic heterocycles. The van der Waals surface area contributed by atoms with E-state index in [0.717, 1.165) is 12.8 Å². The van der Waals surface area contributed by atoms with Crippen LogP contribution in [0.25, 0.3) is 0 Å². The molecule has 1 aliphatic rings. The van der Waals surface area contributed by atoms with Gasteiger partial charge in [-0.1, -0.05) is 0 Å². The number of likely N-dealkylation sites (tertiary alicyclic amines) is 1. The molecule has 2 atom stereocenters. The maximum atomic E-state index is 12.7. The van der Waals surface area contributed by atoms with Gasteiger partial charge in [-0.2, -0.15) is 0 Å². The molecule has 148 valence electrons. The predicted molar refractivity (Wildman–Crippen MR) is 106 cm³/mol. The number of sulfonamides is 1. The maximum Gasteiger partial charge on any atom is 0.253 e. The van der Waals surface area contributed by atoms with Crippen molar-refractivity contribution in [2.24, 2.45) is 11.7 Å². The number of carbonyl (C=O) groups is 1. The lowest BCUT2D eigenvalue weighted by Crippen LogP contribution is -2.45. The van der Waals surface area contributed by atoms with Crippen LogP contribution in [0.2, 0.25) is 0 Å². The Bertz CT molecular complexity index is 712. The van der Waals surface area contributed by atoms with E-state index in [2.05, 4.69) is 4.72 Å². The van der Waals surface area contributed by atoms with Gasteiger partial charge in [0, 0.05) is 30.2 Å². The average molecular weight is 404 g/mol. The molecule has 1 aromatic carbocycles. The number of piperidine rings is 1. The van der Waals surface area contributed by atoms with Gasteiger partial charge in [-0.25, -0.2) is 13.1 Å². The summed E-state index contributed by atoms with van der Waals surface area (Å²) < 4.78 is 27.3. The Labute approximate surface area is 163 Å². The monoisotopic (exact) mass is 403 g/mol. The number of amides is 1. The molecule has 6 nitrogen and oxygen atoms in total. The normalized spacial score (nSPS) is 19.6. The molecule has 1 heterocycles. The fourth-order valence-electron chi connectivity index (χ4n) is 3.04. The molecule has 1 amide bonds. The van der Waals surface area contributed by atoms with Gasteiger partial charge in [0.05, 0.1) is 4.90 Å². The van der Waals surface area contributed by atoms with Crippen LogP contribution in [-0.2, 0) is 10.0 Å². The zero-order valence-electron chi connectivity index (χ0n) is 15.9. The van der Waals surface area contributed by atoms with Crippen molar-refractivity contribution in [3.05, 3.63) is 29.8 Å². The van der Waals surface area contributed by atoms with Crippen molar-refractivity contribution in [2.45, 2.75) is 57.0 Å². The molecule has 26 heavy (non-hydrogen) atoms. The third kappa shape index (κ3) is 5.94. The van der Waals surface area contributed by atoms with Crippen molar-refractivity contribution in [1.82, 2.24) is 9.62 Å². The van der Waals surface area contributed by atoms with Gasteiger partial charge < -0.3 is 10.6 Å². The first-order valence-corrected chi connectivity index (χ1v) is 10.2. The Kier molecular flexibility index (Phi) is 7.65. The maximum absolute atomic E-state index is 12.7.